The molecule has 1 N–H and O–H groups in total. The number of benzene rings is 2. The van der Waals surface area contributed by atoms with Crippen LogP contribution >= 0.6 is 0 Å². The number of hydrogen-bond acceptors (Lipinski definition) is 3. The van der Waals surface area contributed by atoms with Gasteiger partial charge in [-0.2, -0.15) is 0 Å². The Morgan fingerprint density at radius 3 is 2.72 bits per heavy atom. The van der Waals surface area contributed by atoms with E-state index in [0.717, 1.165) is 35.6 Å². The standard InChI is InChI=1S/C26H29NO2/c1-4-9-20(10-5-2)13-14-24-23-18-25(28-3)26(17-22(23)15-16-27-24)29-19-21-11-7-6-8-12-21/h4-14,17-18,24,27H,1,15-16,19H2,2-3H3/b10-5-,14-13+,20-9+. The molecule has 1 heterocycles. The highest BCUT2D eigenvalue weighted by molar-refractivity contribution is 5.51. The predicted molar refractivity (Wildman–Crippen MR) is 120 cm³/mol. The average molecular weight is 388 g/mol. The Kier molecular flexibility index (Phi) is 7.48. The van der Waals surface area contributed by atoms with Crippen LogP contribution in [0.5, 0.6) is 11.5 Å². The second-order valence-corrected chi connectivity index (χ2v) is 6.92. The smallest absolute Gasteiger partial charge is 0.161 e. The van der Waals surface area contributed by atoms with Crippen molar-refractivity contribution < 1.29 is 9.47 Å². The Morgan fingerprint density at radius 2 is 2.00 bits per heavy atom. The minimum atomic E-state index is 0.134. The zero-order chi connectivity index (χ0) is 20.5. The van der Waals surface area contributed by atoms with Crippen LogP contribution < -0.4 is 14.8 Å². The van der Waals surface area contributed by atoms with Crippen LogP contribution in [0.25, 0.3) is 0 Å². The number of fused-ring (bicyclic) bond motifs is 1. The zero-order valence-electron chi connectivity index (χ0n) is 17.2. The van der Waals surface area contributed by atoms with E-state index in [1.165, 1.54) is 11.1 Å². The van der Waals surface area contributed by atoms with Gasteiger partial charge < -0.3 is 14.8 Å². The molecule has 1 atom stereocenters. The third-order valence-electron chi connectivity index (χ3n) is 4.91. The number of methoxy groups -OCH3 is 1. The Balaban J connectivity index is 1.84. The van der Waals surface area contributed by atoms with Crippen LogP contribution in [0.4, 0.5) is 0 Å². The summed E-state index contributed by atoms with van der Waals surface area (Å²) in [5, 5.41) is 3.58. The molecule has 0 amide bonds. The summed E-state index contributed by atoms with van der Waals surface area (Å²) in [6.07, 6.45) is 13.2. The lowest BCUT2D eigenvalue weighted by Crippen LogP contribution is -2.28. The fourth-order valence-corrected chi connectivity index (χ4v) is 3.48. The summed E-state index contributed by atoms with van der Waals surface area (Å²) in [7, 11) is 1.69. The van der Waals surface area contributed by atoms with Gasteiger partial charge in [-0.05, 0) is 47.7 Å². The van der Waals surface area contributed by atoms with Crippen molar-refractivity contribution >= 4 is 0 Å². The van der Waals surface area contributed by atoms with Gasteiger partial charge in [0.1, 0.15) is 6.61 Å². The molecule has 0 radical (unpaired) electrons. The van der Waals surface area contributed by atoms with E-state index in [9.17, 15) is 0 Å². The van der Waals surface area contributed by atoms with E-state index < -0.39 is 0 Å². The first-order chi connectivity index (χ1) is 14.2. The van der Waals surface area contributed by atoms with Crippen LogP contribution in [0, 0.1) is 0 Å². The molecular weight excluding hydrogens is 358 g/mol. The Labute approximate surface area is 174 Å². The molecule has 3 nitrogen and oxygen atoms in total. The molecule has 2 aromatic rings. The first-order valence-electron chi connectivity index (χ1n) is 9.99. The maximum atomic E-state index is 6.08. The van der Waals surface area contributed by atoms with E-state index in [1.807, 2.05) is 37.3 Å². The summed E-state index contributed by atoms with van der Waals surface area (Å²) in [5.41, 5.74) is 4.78. The topological polar surface area (TPSA) is 30.5 Å². The molecule has 1 aliphatic rings. The van der Waals surface area contributed by atoms with Gasteiger partial charge in [-0.3, -0.25) is 0 Å². The molecule has 0 bridgehead atoms. The molecule has 29 heavy (non-hydrogen) atoms. The lowest BCUT2D eigenvalue weighted by atomic mass is 9.93. The van der Waals surface area contributed by atoms with Gasteiger partial charge in [0.15, 0.2) is 11.5 Å². The normalized spacial score (nSPS) is 16.8. The highest BCUT2D eigenvalue weighted by Gasteiger charge is 2.21. The molecule has 0 saturated heterocycles. The van der Waals surface area contributed by atoms with Crippen LogP contribution in [0.3, 0.4) is 0 Å². The molecule has 0 aromatic heterocycles. The quantitative estimate of drug-likeness (QED) is 0.589. The highest BCUT2D eigenvalue weighted by Crippen LogP contribution is 2.36. The fourth-order valence-electron chi connectivity index (χ4n) is 3.48. The minimum Gasteiger partial charge on any atom is -0.493 e. The summed E-state index contributed by atoms with van der Waals surface area (Å²) < 4.78 is 11.7. The van der Waals surface area contributed by atoms with E-state index in [-0.39, 0.29) is 6.04 Å². The van der Waals surface area contributed by atoms with Crippen molar-refractivity contribution in [2.24, 2.45) is 0 Å². The molecule has 2 aromatic carbocycles. The van der Waals surface area contributed by atoms with Gasteiger partial charge >= 0.3 is 0 Å². The van der Waals surface area contributed by atoms with Crippen LogP contribution in [0.1, 0.15) is 29.7 Å². The average Bonchev–Trinajstić information content (AvgIpc) is 2.76. The second kappa shape index (κ2) is 10.5. The van der Waals surface area contributed by atoms with Gasteiger partial charge in [-0.15, -0.1) is 0 Å². The lowest BCUT2D eigenvalue weighted by molar-refractivity contribution is 0.283. The minimum absolute atomic E-state index is 0.134. The molecule has 0 fully saturated rings. The molecule has 1 unspecified atom stereocenters. The molecule has 0 spiro atoms. The zero-order valence-corrected chi connectivity index (χ0v) is 17.2. The van der Waals surface area contributed by atoms with E-state index >= 15 is 0 Å². The van der Waals surface area contributed by atoms with Crippen molar-refractivity contribution in [3.63, 3.8) is 0 Å². The van der Waals surface area contributed by atoms with Crippen LogP contribution in [-0.4, -0.2) is 13.7 Å². The number of rotatable bonds is 8. The van der Waals surface area contributed by atoms with Gasteiger partial charge in [0.05, 0.1) is 13.2 Å². The van der Waals surface area contributed by atoms with Crippen molar-refractivity contribution in [2.75, 3.05) is 13.7 Å². The van der Waals surface area contributed by atoms with Gasteiger partial charge in [-0.25, -0.2) is 0 Å². The molecule has 3 rings (SSSR count). The molecule has 0 aliphatic carbocycles. The molecular formula is C26H29NO2. The lowest BCUT2D eigenvalue weighted by Gasteiger charge is -2.26. The molecule has 0 saturated carbocycles. The van der Waals surface area contributed by atoms with E-state index in [0.29, 0.717) is 6.61 Å². The van der Waals surface area contributed by atoms with E-state index in [1.54, 1.807) is 13.2 Å². The summed E-state index contributed by atoms with van der Waals surface area (Å²) in [6.45, 7) is 7.26. The monoisotopic (exact) mass is 387 g/mol. The van der Waals surface area contributed by atoms with Gasteiger partial charge in [0.25, 0.3) is 0 Å². The predicted octanol–water partition coefficient (Wildman–Crippen LogP) is 5.71. The summed E-state index contributed by atoms with van der Waals surface area (Å²) in [6, 6.07) is 14.5. The number of allylic oxidation sites excluding steroid dienone is 6. The third kappa shape index (κ3) is 5.49. The van der Waals surface area contributed by atoms with Crippen molar-refractivity contribution in [2.45, 2.75) is 26.0 Å². The van der Waals surface area contributed by atoms with Crippen molar-refractivity contribution in [1.82, 2.24) is 5.32 Å². The molecule has 1 aliphatic heterocycles. The Hall–Kier alpha value is -3.04. The maximum Gasteiger partial charge on any atom is 0.161 e. The van der Waals surface area contributed by atoms with E-state index in [4.69, 9.17) is 9.47 Å². The number of ether oxygens (including phenoxy) is 2. The van der Waals surface area contributed by atoms with Crippen LogP contribution in [-0.2, 0) is 13.0 Å². The SMILES string of the molecule is C=C/C=C(\C=C/C)/C=C/C1NCCc2cc(OCc3ccccc3)c(OC)cc21. The van der Waals surface area contributed by atoms with Gasteiger partial charge in [-0.1, -0.05) is 73.4 Å². The second-order valence-electron chi connectivity index (χ2n) is 6.92. The van der Waals surface area contributed by atoms with Crippen molar-refractivity contribution in [3.05, 3.63) is 108 Å². The largest absolute Gasteiger partial charge is 0.493 e. The van der Waals surface area contributed by atoms with Gasteiger partial charge in [0, 0.05) is 6.54 Å². The van der Waals surface area contributed by atoms with Crippen molar-refractivity contribution in [3.8, 4) is 11.5 Å². The first-order valence-corrected chi connectivity index (χ1v) is 9.99. The number of hydrogen-bond donors (Lipinski definition) is 1. The first kappa shape index (κ1) is 20.7. The molecule has 3 heteroatoms. The van der Waals surface area contributed by atoms with Gasteiger partial charge in [0.2, 0.25) is 0 Å². The third-order valence-corrected chi connectivity index (χ3v) is 4.91. The maximum absolute atomic E-state index is 6.08. The van der Waals surface area contributed by atoms with E-state index in [2.05, 4.69) is 54.4 Å². The Bertz CT molecular complexity index is 910. The van der Waals surface area contributed by atoms with Crippen molar-refractivity contribution in [1.29, 1.82) is 0 Å². The fraction of sp³-hybridized carbons (Fsp3) is 0.231. The van der Waals surface area contributed by atoms with Crippen LogP contribution in [0.2, 0.25) is 0 Å². The van der Waals surface area contributed by atoms with Crippen LogP contribution in [0.15, 0.2) is 91.1 Å². The summed E-state index contributed by atoms with van der Waals surface area (Å²) >= 11 is 0. The summed E-state index contributed by atoms with van der Waals surface area (Å²) in [5.74, 6) is 1.55. The number of nitrogens with one attached hydrogen (secondary N) is 1. The highest BCUT2D eigenvalue weighted by atomic mass is 16.5. The molecule has 150 valence electrons. The summed E-state index contributed by atoms with van der Waals surface area (Å²) in [4.78, 5) is 0. The Morgan fingerprint density at radius 1 is 1.17 bits per heavy atom.